The highest BCUT2D eigenvalue weighted by Crippen LogP contribution is 2.34. The van der Waals surface area contributed by atoms with Crippen molar-refractivity contribution >= 4 is 45.7 Å². The lowest BCUT2D eigenvalue weighted by atomic mass is 10.1. The van der Waals surface area contributed by atoms with Gasteiger partial charge in [0.1, 0.15) is 11.0 Å². The minimum absolute atomic E-state index is 0.142. The number of hydrogen-bond donors (Lipinski definition) is 0. The second-order valence-electron chi connectivity index (χ2n) is 4.57. The number of nitrogens with zero attached hydrogens (tertiary/aromatic N) is 2. The predicted octanol–water partition coefficient (Wildman–Crippen LogP) is 5.70. The van der Waals surface area contributed by atoms with E-state index in [1.54, 1.807) is 24.3 Å². The summed E-state index contributed by atoms with van der Waals surface area (Å²) in [5.74, 6) is -0.243. The van der Waals surface area contributed by atoms with Gasteiger partial charge in [0.15, 0.2) is 5.82 Å². The molecule has 0 amide bonds. The van der Waals surface area contributed by atoms with Crippen molar-refractivity contribution in [2.75, 3.05) is 0 Å². The molecular weight excluding hydrogens is 334 g/mol. The Labute approximate surface area is 135 Å². The molecular formula is C15H8Cl3FN2. The third kappa shape index (κ3) is 2.57. The molecule has 0 unspecified atom stereocenters. The number of hydrogen-bond acceptors (Lipinski definition) is 2. The van der Waals surface area contributed by atoms with Gasteiger partial charge in [-0.05, 0) is 31.2 Å². The summed E-state index contributed by atoms with van der Waals surface area (Å²) >= 11 is 18.4. The van der Waals surface area contributed by atoms with Crippen molar-refractivity contribution in [1.29, 1.82) is 0 Å². The zero-order chi connectivity index (χ0) is 15.1. The van der Waals surface area contributed by atoms with Crippen molar-refractivity contribution in [3.05, 3.63) is 56.9 Å². The molecule has 2 nitrogen and oxygen atoms in total. The molecule has 0 atom stereocenters. The van der Waals surface area contributed by atoms with E-state index >= 15 is 0 Å². The second-order valence-corrected chi connectivity index (χ2v) is 5.75. The lowest BCUT2D eigenvalue weighted by Gasteiger charge is -2.08. The Kier molecular flexibility index (Phi) is 3.74. The summed E-state index contributed by atoms with van der Waals surface area (Å²) in [7, 11) is 0. The summed E-state index contributed by atoms with van der Waals surface area (Å²) in [5, 5.41) is 1.38. The highest BCUT2D eigenvalue weighted by molar-refractivity contribution is 6.44. The fraction of sp³-hybridized carbons (Fsp3) is 0.0667. The van der Waals surface area contributed by atoms with Crippen LogP contribution in [0.1, 0.15) is 5.56 Å². The lowest BCUT2D eigenvalue weighted by molar-refractivity contribution is 0.629. The van der Waals surface area contributed by atoms with Crippen molar-refractivity contribution < 1.29 is 4.39 Å². The molecule has 0 N–H and O–H groups in total. The molecule has 0 saturated heterocycles. The van der Waals surface area contributed by atoms with Crippen LogP contribution < -0.4 is 0 Å². The van der Waals surface area contributed by atoms with E-state index in [1.807, 2.05) is 6.92 Å². The van der Waals surface area contributed by atoms with Gasteiger partial charge >= 0.3 is 0 Å². The maximum absolute atomic E-state index is 14.0. The van der Waals surface area contributed by atoms with Crippen LogP contribution in [0, 0.1) is 12.7 Å². The van der Waals surface area contributed by atoms with Crippen LogP contribution in [0.4, 0.5) is 4.39 Å². The van der Waals surface area contributed by atoms with Crippen molar-refractivity contribution in [2.45, 2.75) is 6.92 Å². The molecule has 6 heteroatoms. The standard InChI is InChI=1S/C15H8Cl3FN2/c1-7-2-5-11(19)8(6-7)15-20-13-10(17)4-3-9(16)12(13)14(18)21-15/h2-6H,1H3. The van der Waals surface area contributed by atoms with Gasteiger partial charge in [-0.3, -0.25) is 0 Å². The van der Waals surface area contributed by atoms with Gasteiger partial charge in [-0.25, -0.2) is 14.4 Å². The molecule has 0 aliphatic heterocycles. The highest BCUT2D eigenvalue weighted by Gasteiger charge is 2.15. The average Bonchev–Trinajstić information content (AvgIpc) is 2.45. The maximum atomic E-state index is 14.0. The van der Waals surface area contributed by atoms with Crippen LogP contribution >= 0.6 is 34.8 Å². The molecule has 0 aliphatic carbocycles. The first-order chi connectivity index (χ1) is 9.97. The van der Waals surface area contributed by atoms with E-state index < -0.39 is 5.82 Å². The van der Waals surface area contributed by atoms with Crippen LogP contribution in [-0.2, 0) is 0 Å². The fourth-order valence-electron chi connectivity index (χ4n) is 2.06. The first kappa shape index (κ1) is 14.5. The molecule has 0 aliphatic rings. The lowest BCUT2D eigenvalue weighted by Crippen LogP contribution is -1.96. The van der Waals surface area contributed by atoms with Crippen LogP contribution in [0.25, 0.3) is 22.3 Å². The van der Waals surface area contributed by atoms with Crippen LogP contribution in [-0.4, -0.2) is 9.97 Å². The smallest absolute Gasteiger partial charge is 0.164 e. The van der Waals surface area contributed by atoms with Crippen LogP contribution in [0.2, 0.25) is 15.2 Å². The van der Waals surface area contributed by atoms with Crippen LogP contribution in [0.15, 0.2) is 30.3 Å². The molecule has 3 rings (SSSR count). The number of aryl methyl sites for hydroxylation is 1. The monoisotopic (exact) mass is 340 g/mol. The van der Waals surface area contributed by atoms with Gasteiger partial charge < -0.3 is 0 Å². The highest BCUT2D eigenvalue weighted by atomic mass is 35.5. The third-order valence-corrected chi connectivity index (χ3v) is 3.96. The van der Waals surface area contributed by atoms with E-state index in [2.05, 4.69) is 9.97 Å². The average molecular weight is 342 g/mol. The normalized spacial score (nSPS) is 11.1. The van der Waals surface area contributed by atoms with E-state index in [-0.39, 0.29) is 16.5 Å². The molecule has 21 heavy (non-hydrogen) atoms. The number of benzene rings is 2. The van der Waals surface area contributed by atoms with Gasteiger partial charge in [0, 0.05) is 0 Å². The fourth-order valence-corrected chi connectivity index (χ4v) is 2.82. The number of aromatic nitrogens is 2. The van der Waals surface area contributed by atoms with Gasteiger partial charge in [-0.15, -0.1) is 0 Å². The minimum atomic E-state index is -0.422. The van der Waals surface area contributed by atoms with Gasteiger partial charge in [0.05, 0.1) is 26.5 Å². The molecule has 2 aromatic carbocycles. The Morgan fingerprint density at radius 1 is 0.952 bits per heavy atom. The van der Waals surface area contributed by atoms with Crippen molar-refractivity contribution in [1.82, 2.24) is 9.97 Å². The second kappa shape index (κ2) is 5.41. The van der Waals surface area contributed by atoms with Crippen molar-refractivity contribution in [3.63, 3.8) is 0 Å². The van der Waals surface area contributed by atoms with E-state index in [0.29, 0.717) is 20.9 Å². The Bertz CT molecular complexity index is 865. The van der Waals surface area contributed by atoms with E-state index in [9.17, 15) is 4.39 Å². The van der Waals surface area contributed by atoms with Gasteiger partial charge in [0.25, 0.3) is 0 Å². The van der Waals surface area contributed by atoms with Crippen molar-refractivity contribution in [3.8, 4) is 11.4 Å². The first-order valence-electron chi connectivity index (χ1n) is 6.05. The Hall–Kier alpha value is -1.42. The van der Waals surface area contributed by atoms with E-state index in [0.717, 1.165) is 5.56 Å². The molecule has 0 saturated carbocycles. The summed E-state index contributed by atoms with van der Waals surface area (Å²) in [6, 6.07) is 7.93. The number of rotatable bonds is 1. The maximum Gasteiger partial charge on any atom is 0.164 e. The molecule has 0 fully saturated rings. The Morgan fingerprint density at radius 3 is 2.43 bits per heavy atom. The van der Waals surface area contributed by atoms with Gasteiger partial charge in [0.2, 0.25) is 0 Å². The van der Waals surface area contributed by atoms with Gasteiger partial charge in [-0.1, -0.05) is 46.4 Å². The summed E-state index contributed by atoms with van der Waals surface area (Å²) < 4.78 is 14.0. The number of fused-ring (bicyclic) bond motifs is 1. The summed E-state index contributed by atoms with van der Waals surface area (Å²) in [5.41, 5.74) is 1.57. The Morgan fingerprint density at radius 2 is 1.67 bits per heavy atom. The first-order valence-corrected chi connectivity index (χ1v) is 7.18. The zero-order valence-corrected chi connectivity index (χ0v) is 13.1. The molecule has 1 heterocycles. The van der Waals surface area contributed by atoms with Gasteiger partial charge in [-0.2, -0.15) is 0 Å². The number of halogens is 4. The summed E-state index contributed by atoms with van der Waals surface area (Å²) in [6.45, 7) is 1.86. The Balaban J connectivity index is 2.35. The SMILES string of the molecule is Cc1ccc(F)c(-c2nc(Cl)c3c(Cl)ccc(Cl)c3n2)c1. The molecule has 1 aromatic heterocycles. The largest absolute Gasteiger partial charge is 0.226 e. The van der Waals surface area contributed by atoms with Crippen molar-refractivity contribution in [2.24, 2.45) is 0 Å². The molecule has 106 valence electrons. The topological polar surface area (TPSA) is 25.8 Å². The molecule has 0 bridgehead atoms. The summed E-state index contributed by atoms with van der Waals surface area (Å²) in [6.07, 6.45) is 0. The summed E-state index contributed by atoms with van der Waals surface area (Å²) in [4.78, 5) is 8.46. The molecule has 3 aromatic rings. The molecule has 0 spiro atoms. The molecule has 0 radical (unpaired) electrons. The van der Waals surface area contributed by atoms with Crippen LogP contribution in [0.3, 0.4) is 0 Å². The minimum Gasteiger partial charge on any atom is -0.226 e. The van der Waals surface area contributed by atoms with Crippen LogP contribution in [0.5, 0.6) is 0 Å². The van der Waals surface area contributed by atoms with E-state index in [4.69, 9.17) is 34.8 Å². The third-order valence-electron chi connectivity index (χ3n) is 3.07. The zero-order valence-electron chi connectivity index (χ0n) is 10.8. The quantitative estimate of drug-likeness (QED) is 0.530. The van der Waals surface area contributed by atoms with E-state index in [1.165, 1.54) is 6.07 Å². The predicted molar refractivity (Wildman–Crippen MR) is 84.7 cm³/mol.